The Balaban J connectivity index is 1.17. The summed E-state index contributed by atoms with van der Waals surface area (Å²) in [6.45, 7) is 0. The predicted molar refractivity (Wildman–Crippen MR) is 273 cm³/mol. The molecule has 0 fully saturated rings. The van der Waals surface area contributed by atoms with Crippen LogP contribution in [-0.2, 0) is 12.4 Å². The first-order chi connectivity index (χ1) is 35.0. The van der Waals surface area contributed by atoms with Crippen molar-refractivity contribution in [3.8, 4) is 73.3 Å². The number of hydrogen-bond donors (Lipinski definition) is 0. The van der Waals surface area contributed by atoms with Gasteiger partial charge in [0.1, 0.15) is 11.6 Å². The van der Waals surface area contributed by atoms with E-state index < -0.39 is 29.0 Å². The van der Waals surface area contributed by atoms with E-state index in [2.05, 4.69) is 6.07 Å². The molecule has 0 unspecified atom stereocenters. The Kier molecular flexibility index (Phi) is 10.4. The van der Waals surface area contributed by atoms with E-state index in [1.54, 1.807) is 33.7 Å². The van der Waals surface area contributed by atoms with E-state index in [0.29, 0.717) is 34.2 Å². The highest BCUT2D eigenvalue weighted by Gasteiger charge is 2.41. The fourth-order valence-corrected chi connectivity index (χ4v) is 10.3. The molecule has 0 saturated heterocycles. The maximum absolute atomic E-state index is 15.2. The lowest BCUT2D eigenvalue weighted by Crippen LogP contribution is -2.15. The molecular formula is C61H35F6N5. The standard InChI is InChI=1S/C61H35F6N5/c62-60(63,64)49-22-11-23-50(61(65,66)67)57(49)41-34-55(71-51-24-9-7-18-44(51)46-32-39(26-28-53(46)71)42-20-12-30-69-58(42)37-14-3-1-4-15-37)48(36-68)56(35-41)72-52-25-10-8-19-45(52)47-33-40(27-29-54(47)72)43-21-13-31-70-59(43)38-16-5-2-6-17-38/h1-35H. The molecule has 12 aromatic rings. The Hall–Kier alpha value is -9.27. The van der Waals surface area contributed by atoms with Gasteiger partial charge in [-0.1, -0.05) is 127 Å². The van der Waals surface area contributed by atoms with Crippen molar-refractivity contribution in [2.45, 2.75) is 12.4 Å². The normalized spacial score (nSPS) is 12.0. The molecule has 0 aliphatic heterocycles. The molecule has 4 aromatic heterocycles. The van der Waals surface area contributed by atoms with Crippen molar-refractivity contribution in [3.05, 3.63) is 229 Å². The largest absolute Gasteiger partial charge is 0.417 e. The average molecular weight is 952 g/mol. The van der Waals surface area contributed by atoms with E-state index in [-0.39, 0.29) is 22.5 Å². The summed E-state index contributed by atoms with van der Waals surface area (Å²) in [6, 6.07) is 60.6. The van der Waals surface area contributed by atoms with Gasteiger partial charge in [0.2, 0.25) is 0 Å². The molecule has 12 rings (SSSR count). The van der Waals surface area contributed by atoms with Gasteiger partial charge in [-0.15, -0.1) is 0 Å². The summed E-state index contributed by atoms with van der Waals surface area (Å²) in [4.78, 5) is 9.47. The van der Waals surface area contributed by atoms with Crippen LogP contribution < -0.4 is 0 Å². The third-order valence-corrected chi connectivity index (χ3v) is 13.3. The fraction of sp³-hybridized carbons (Fsp3) is 0.0328. The van der Waals surface area contributed by atoms with Gasteiger partial charge in [0.15, 0.2) is 0 Å². The van der Waals surface area contributed by atoms with Crippen molar-refractivity contribution in [1.29, 1.82) is 5.26 Å². The fourth-order valence-electron chi connectivity index (χ4n) is 10.3. The molecule has 4 heterocycles. The number of aromatic nitrogens is 4. The van der Waals surface area contributed by atoms with Crippen LogP contribution in [0, 0.1) is 11.3 Å². The number of hydrogen-bond acceptors (Lipinski definition) is 3. The van der Waals surface area contributed by atoms with Crippen molar-refractivity contribution in [1.82, 2.24) is 19.1 Å². The van der Waals surface area contributed by atoms with Gasteiger partial charge >= 0.3 is 12.4 Å². The third kappa shape index (κ3) is 7.26. The predicted octanol–water partition coefficient (Wildman–Crippen LogP) is 16.9. The van der Waals surface area contributed by atoms with E-state index in [9.17, 15) is 5.26 Å². The Bertz CT molecular complexity index is 3890. The number of fused-ring (bicyclic) bond motifs is 6. The summed E-state index contributed by atoms with van der Waals surface area (Å²) in [7, 11) is 0. The summed E-state index contributed by atoms with van der Waals surface area (Å²) >= 11 is 0. The zero-order chi connectivity index (χ0) is 49.3. The first-order valence-electron chi connectivity index (χ1n) is 22.9. The Morgan fingerprint density at radius 2 is 0.792 bits per heavy atom. The number of halogens is 6. The van der Waals surface area contributed by atoms with Gasteiger partial charge in [-0.2, -0.15) is 31.6 Å². The molecule has 0 radical (unpaired) electrons. The summed E-state index contributed by atoms with van der Waals surface area (Å²) in [5, 5.41) is 14.5. The highest BCUT2D eigenvalue weighted by atomic mass is 19.4. The van der Waals surface area contributed by atoms with E-state index in [4.69, 9.17) is 9.97 Å². The molecule has 0 N–H and O–H groups in total. The van der Waals surface area contributed by atoms with Gasteiger partial charge in [-0.05, 0) is 89.5 Å². The zero-order valence-electron chi connectivity index (χ0n) is 37.7. The lowest BCUT2D eigenvalue weighted by molar-refractivity contribution is -0.142. The number of pyridine rings is 2. The van der Waals surface area contributed by atoms with Gasteiger partial charge in [-0.25, -0.2) is 0 Å². The van der Waals surface area contributed by atoms with Gasteiger partial charge in [0.05, 0.1) is 56.0 Å². The van der Waals surface area contributed by atoms with Gasteiger partial charge in [-0.3, -0.25) is 9.97 Å². The van der Waals surface area contributed by atoms with Crippen LogP contribution in [0.15, 0.2) is 213 Å². The third-order valence-electron chi connectivity index (χ3n) is 13.3. The molecule has 5 nitrogen and oxygen atoms in total. The second kappa shape index (κ2) is 17.0. The minimum Gasteiger partial charge on any atom is -0.308 e. The first-order valence-corrected chi connectivity index (χ1v) is 22.9. The number of alkyl halides is 6. The lowest BCUT2D eigenvalue weighted by atomic mass is 9.91. The number of nitrogens with zero attached hydrogens (tertiary/aromatic N) is 5. The zero-order valence-corrected chi connectivity index (χ0v) is 37.7. The molecule has 72 heavy (non-hydrogen) atoms. The minimum atomic E-state index is -5.19. The van der Waals surface area contributed by atoms with Crippen LogP contribution in [0.25, 0.3) is 111 Å². The number of para-hydroxylation sites is 2. The van der Waals surface area contributed by atoms with Crippen LogP contribution >= 0.6 is 0 Å². The molecular weight excluding hydrogens is 917 g/mol. The van der Waals surface area contributed by atoms with Gasteiger partial charge in [0.25, 0.3) is 0 Å². The number of nitriles is 1. The Morgan fingerprint density at radius 3 is 1.22 bits per heavy atom. The van der Waals surface area contributed by atoms with Crippen LogP contribution in [0.3, 0.4) is 0 Å². The number of rotatable bonds is 7. The van der Waals surface area contributed by atoms with Crippen LogP contribution in [0.5, 0.6) is 0 Å². The highest BCUT2D eigenvalue weighted by molar-refractivity contribution is 6.13. The van der Waals surface area contributed by atoms with Crippen molar-refractivity contribution in [2.24, 2.45) is 0 Å². The van der Waals surface area contributed by atoms with E-state index in [1.165, 1.54) is 12.1 Å². The summed E-state index contributed by atoms with van der Waals surface area (Å²) < 4.78 is 94.8. The topological polar surface area (TPSA) is 59.4 Å². The SMILES string of the molecule is N#Cc1c(-n2c3ccccc3c3cc(-c4cccnc4-c4ccccc4)ccc32)cc(-c2c(C(F)(F)F)cccc2C(F)(F)F)cc1-n1c2ccccc2c2cc(-c3cccnc3-c3ccccc3)ccc21. The number of benzene rings is 8. The van der Waals surface area contributed by atoms with Crippen LogP contribution in [0.2, 0.25) is 0 Å². The maximum atomic E-state index is 15.2. The van der Waals surface area contributed by atoms with Crippen molar-refractivity contribution >= 4 is 43.6 Å². The van der Waals surface area contributed by atoms with Gasteiger partial charge < -0.3 is 9.13 Å². The second-order valence-electron chi connectivity index (χ2n) is 17.4. The second-order valence-corrected chi connectivity index (χ2v) is 17.4. The summed E-state index contributed by atoms with van der Waals surface area (Å²) in [5.74, 6) is 0. The highest BCUT2D eigenvalue weighted by Crippen LogP contribution is 2.48. The van der Waals surface area contributed by atoms with E-state index >= 15 is 26.3 Å². The molecule has 8 aromatic carbocycles. The Labute approximate surface area is 407 Å². The molecule has 0 amide bonds. The smallest absolute Gasteiger partial charge is 0.308 e. The molecule has 0 aliphatic carbocycles. The molecule has 346 valence electrons. The molecule has 0 spiro atoms. The Morgan fingerprint density at radius 1 is 0.375 bits per heavy atom. The molecule has 11 heteroatoms. The minimum absolute atomic E-state index is 0.0208. The van der Waals surface area contributed by atoms with Crippen LogP contribution in [-0.4, -0.2) is 19.1 Å². The molecule has 0 saturated carbocycles. The van der Waals surface area contributed by atoms with Crippen molar-refractivity contribution in [3.63, 3.8) is 0 Å². The van der Waals surface area contributed by atoms with Crippen LogP contribution in [0.4, 0.5) is 26.3 Å². The molecule has 0 aliphatic rings. The van der Waals surface area contributed by atoms with Gasteiger partial charge in [0, 0.05) is 61.8 Å². The summed E-state index contributed by atoms with van der Waals surface area (Å²) in [5.41, 5.74) is 4.82. The lowest BCUT2D eigenvalue weighted by Gasteiger charge is -2.22. The first kappa shape index (κ1) is 44.0. The quantitative estimate of drug-likeness (QED) is 0.150. The molecule has 0 bridgehead atoms. The van der Waals surface area contributed by atoms with E-state index in [0.717, 1.165) is 72.4 Å². The van der Waals surface area contributed by atoms with Crippen molar-refractivity contribution in [2.75, 3.05) is 0 Å². The maximum Gasteiger partial charge on any atom is 0.417 e. The monoisotopic (exact) mass is 951 g/mol. The average Bonchev–Trinajstić information content (AvgIpc) is 3.92. The van der Waals surface area contributed by atoms with Crippen LogP contribution in [0.1, 0.15) is 16.7 Å². The molecule has 0 atom stereocenters. The van der Waals surface area contributed by atoms with Crippen molar-refractivity contribution < 1.29 is 26.3 Å². The van der Waals surface area contributed by atoms with E-state index in [1.807, 2.05) is 158 Å². The summed E-state index contributed by atoms with van der Waals surface area (Å²) in [6.07, 6.45) is -6.92.